The van der Waals surface area contributed by atoms with E-state index in [2.05, 4.69) is 10.3 Å². The first-order chi connectivity index (χ1) is 11.8. The molecular formula is C18H23N3O3S. The van der Waals surface area contributed by atoms with Crippen molar-refractivity contribution in [2.24, 2.45) is 0 Å². The van der Waals surface area contributed by atoms with Crippen molar-refractivity contribution in [3.63, 3.8) is 0 Å². The third kappa shape index (κ3) is 6.64. The Balaban J connectivity index is 1.86. The van der Waals surface area contributed by atoms with Crippen LogP contribution in [0.2, 0.25) is 0 Å². The van der Waals surface area contributed by atoms with Gasteiger partial charge in [-0.3, -0.25) is 9.78 Å². The Morgan fingerprint density at radius 2 is 1.88 bits per heavy atom. The maximum absolute atomic E-state index is 12.0. The van der Waals surface area contributed by atoms with Gasteiger partial charge in [0, 0.05) is 32.0 Å². The first-order valence-electron chi connectivity index (χ1n) is 8.01. The largest absolute Gasteiger partial charge is 0.354 e. The summed E-state index contributed by atoms with van der Waals surface area (Å²) in [5.41, 5.74) is 2.88. The molecule has 6 nitrogen and oxygen atoms in total. The van der Waals surface area contributed by atoms with Crippen molar-refractivity contribution < 1.29 is 13.2 Å². The van der Waals surface area contributed by atoms with Crippen LogP contribution in [0, 0.1) is 6.92 Å². The molecule has 1 N–H and O–H groups in total. The van der Waals surface area contributed by atoms with E-state index < -0.39 is 10.0 Å². The summed E-state index contributed by atoms with van der Waals surface area (Å²) in [5, 5.41) is 2.77. The predicted molar refractivity (Wildman–Crippen MR) is 97.4 cm³/mol. The van der Waals surface area contributed by atoms with Crippen LogP contribution in [0.3, 0.4) is 0 Å². The van der Waals surface area contributed by atoms with Crippen LogP contribution in [-0.2, 0) is 27.8 Å². The average Bonchev–Trinajstić information content (AvgIpc) is 2.56. The molecule has 1 amide bonds. The highest BCUT2D eigenvalue weighted by molar-refractivity contribution is 7.88. The number of nitrogens with one attached hydrogen (secondary N) is 1. The van der Waals surface area contributed by atoms with E-state index in [1.165, 1.54) is 4.31 Å². The summed E-state index contributed by atoms with van der Waals surface area (Å²) in [4.78, 5) is 16.0. The Labute approximate surface area is 148 Å². The number of nitrogens with zero attached hydrogens (tertiary/aromatic N) is 2. The smallest absolute Gasteiger partial charge is 0.224 e. The maximum Gasteiger partial charge on any atom is 0.224 e. The van der Waals surface area contributed by atoms with E-state index in [0.29, 0.717) is 0 Å². The standard InChI is InChI=1S/C18H23N3O3S/c1-15-5-7-16(8-6-15)12-18(22)20-10-11-21(25(2,23)24)14-17-4-3-9-19-13-17/h3-9,13H,10-12,14H2,1-2H3,(H,20,22). The summed E-state index contributed by atoms with van der Waals surface area (Å²) in [6.45, 7) is 2.71. The minimum Gasteiger partial charge on any atom is -0.354 e. The Bertz CT molecular complexity index is 790. The topological polar surface area (TPSA) is 79.4 Å². The fourth-order valence-corrected chi connectivity index (χ4v) is 3.14. The summed E-state index contributed by atoms with van der Waals surface area (Å²) in [5.74, 6) is -0.126. The summed E-state index contributed by atoms with van der Waals surface area (Å²) in [6.07, 6.45) is 4.72. The number of rotatable bonds is 8. The van der Waals surface area contributed by atoms with Crippen molar-refractivity contribution in [3.05, 3.63) is 65.5 Å². The van der Waals surface area contributed by atoms with E-state index in [0.717, 1.165) is 22.9 Å². The summed E-state index contributed by atoms with van der Waals surface area (Å²) in [6, 6.07) is 11.3. The van der Waals surface area contributed by atoms with Crippen LogP contribution in [0.15, 0.2) is 48.8 Å². The summed E-state index contributed by atoms with van der Waals surface area (Å²) < 4.78 is 25.2. The van der Waals surface area contributed by atoms with Gasteiger partial charge in [-0.05, 0) is 24.1 Å². The molecule has 0 spiro atoms. The molecule has 0 aliphatic carbocycles. The molecule has 0 radical (unpaired) electrons. The number of aromatic nitrogens is 1. The molecule has 1 aromatic heterocycles. The van der Waals surface area contributed by atoms with Crippen LogP contribution in [0.4, 0.5) is 0 Å². The highest BCUT2D eigenvalue weighted by Crippen LogP contribution is 2.07. The Hall–Kier alpha value is -2.25. The molecule has 2 aromatic rings. The van der Waals surface area contributed by atoms with Gasteiger partial charge in [-0.2, -0.15) is 4.31 Å². The second-order valence-electron chi connectivity index (χ2n) is 5.97. The van der Waals surface area contributed by atoms with Crippen LogP contribution in [0.5, 0.6) is 0 Å². The second-order valence-corrected chi connectivity index (χ2v) is 7.95. The molecule has 0 atom stereocenters. The third-order valence-corrected chi connectivity index (χ3v) is 4.97. The van der Waals surface area contributed by atoms with Crippen molar-refractivity contribution in [2.75, 3.05) is 19.3 Å². The quantitative estimate of drug-likeness (QED) is 0.773. The molecule has 134 valence electrons. The number of amides is 1. The van der Waals surface area contributed by atoms with E-state index in [4.69, 9.17) is 0 Å². The van der Waals surface area contributed by atoms with Gasteiger partial charge in [0.05, 0.1) is 12.7 Å². The molecule has 25 heavy (non-hydrogen) atoms. The van der Waals surface area contributed by atoms with Gasteiger partial charge < -0.3 is 5.32 Å². The highest BCUT2D eigenvalue weighted by Gasteiger charge is 2.17. The number of hydrogen-bond acceptors (Lipinski definition) is 4. The lowest BCUT2D eigenvalue weighted by molar-refractivity contribution is -0.120. The second kappa shape index (κ2) is 8.73. The first-order valence-corrected chi connectivity index (χ1v) is 9.86. The number of carbonyl (C=O) groups is 1. The molecule has 7 heteroatoms. The molecule has 0 aliphatic heterocycles. The number of hydrogen-bond donors (Lipinski definition) is 1. The highest BCUT2D eigenvalue weighted by atomic mass is 32.2. The van der Waals surface area contributed by atoms with Gasteiger partial charge in [0.25, 0.3) is 0 Å². The minimum atomic E-state index is -3.37. The molecular weight excluding hydrogens is 338 g/mol. The predicted octanol–water partition coefficient (Wildman–Crippen LogP) is 1.51. The van der Waals surface area contributed by atoms with E-state index in [9.17, 15) is 13.2 Å². The Morgan fingerprint density at radius 3 is 2.48 bits per heavy atom. The van der Waals surface area contributed by atoms with Gasteiger partial charge in [0.2, 0.25) is 15.9 Å². The van der Waals surface area contributed by atoms with Crippen molar-refractivity contribution in [1.82, 2.24) is 14.6 Å². The van der Waals surface area contributed by atoms with E-state index in [1.807, 2.05) is 37.3 Å². The molecule has 0 saturated heterocycles. The SMILES string of the molecule is Cc1ccc(CC(=O)NCCN(Cc2cccnc2)S(C)(=O)=O)cc1. The van der Waals surface area contributed by atoms with Crippen molar-refractivity contribution in [1.29, 1.82) is 0 Å². The van der Waals surface area contributed by atoms with Crippen molar-refractivity contribution in [3.8, 4) is 0 Å². The zero-order valence-electron chi connectivity index (χ0n) is 14.5. The average molecular weight is 361 g/mol. The lowest BCUT2D eigenvalue weighted by Gasteiger charge is -2.20. The van der Waals surface area contributed by atoms with Crippen LogP contribution < -0.4 is 5.32 Å². The van der Waals surface area contributed by atoms with Gasteiger partial charge in [0.1, 0.15) is 0 Å². The number of aryl methyl sites for hydroxylation is 1. The van der Waals surface area contributed by atoms with Gasteiger partial charge in [-0.25, -0.2) is 8.42 Å². The Kier molecular flexibility index (Phi) is 6.66. The summed E-state index contributed by atoms with van der Waals surface area (Å²) in [7, 11) is -3.37. The lowest BCUT2D eigenvalue weighted by atomic mass is 10.1. The molecule has 2 rings (SSSR count). The molecule has 1 heterocycles. The van der Waals surface area contributed by atoms with E-state index >= 15 is 0 Å². The molecule has 1 aromatic carbocycles. The zero-order valence-corrected chi connectivity index (χ0v) is 15.3. The first kappa shape index (κ1) is 19.1. The third-order valence-electron chi connectivity index (χ3n) is 3.72. The molecule has 0 unspecified atom stereocenters. The van der Waals surface area contributed by atoms with Crippen LogP contribution >= 0.6 is 0 Å². The maximum atomic E-state index is 12.0. The van der Waals surface area contributed by atoms with Crippen LogP contribution in [0.1, 0.15) is 16.7 Å². The van der Waals surface area contributed by atoms with Crippen LogP contribution in [0.25, 0.3) is 0 Å². The lowest BCUT2D eigenvalue weighted by Crippen LogP contribution is -2.38. The normalized spacial score (nSPS) is 11.5. The fraction of sp³-hybridized carbons (Fsp3) is 0.333. The number of carbonyl (C=O) groups excluding carboxylic acids is 1. The van der Waals surface area contributed by atoms with E-state index in [1.54, 1.807) is 18.5 Å². The zero-order chi connectivity index (χ0) is 18.3. The molecule has 0 fully saturated rings. The van der Waals surface area contributed by atoms with Crippen molar-refractivity contribution >= 4 is 15.9 Å². The fourth-order valence-electron chi connectivity index (χ4n) is 2.33. The number of pyridine rings is 1. The molecule has 0 bridgehead atoms. The van der Waals surface area contributed by atoms with E-state index in [-0.39, 0.29) is 32.0 Å². The van der Waals surface area contributed by atoms with Gasteiger partial charge in [0.15, 0.2) is 0 Å². The molecule has 0 saturated carbocycles. The summed E-state index contributed by atoms with van der Waals surface area (Å²) >= 11 is 0. The molecule has 0 aliphatic rings. The van der Waals surface area contributed by atoms with Gasteiger partial charge in [-0.15, -0.1) is 0 Å². The van der Waals surface area contributed by atoms with Gasteiger partial charge in [-0.1, -0.05) is 35.9 Å². The van der Waals surface area contributed by atoms with Crippen LogP contribution in [-0.4, -0.2) is 43.0 Å². The number of sulfonamides is 1. The monoisotopic (exact) mass is 361 g/mol. The van der Waals surface area contributed by atoms with Gasteiger partial charge >= 0.3 is 0 Å². The Morgan fingerprint density at radius 1 is 1.16 bits per heavy atom. The number of benzene rings is 1. The van der Waals surface area contributed by atoms with Crippen molar-refractivity contribution in [2.45, 2.75) is 19.9 Å². The minimum absolute atomic E-state index is 0.126.